The molecule has 0 amide bonds. The van der Waals surface area contributed by atoms with E-state index in [1.807, 2.05) is 0 Å². The first kappa shape index (κ1) is 34.0. The summed E-state index contributed by atoms with van der Waals surface area (Å²) < 4.78 is 4.67. The highest BCUT2D eigenvalue weighted by molar-refractivity contribution is 6.22. The molecule has 0 atom stereocenters. The number of para-hydroxylation sites is 3. The zero-order chi connectivity index (χ0) is 39.6. The molecule has 280 valence electrons. The molecule has 9 aromatic carbocycles. The maximum atomic E-state index is 5.50. The van der Waals surface area contributed by atoms with Gasteiger partial charge in [-0.05, 0) is 93.7 Å². The van der Waals surface area contributed by atoms with Crippen molar-refractivity contribution in [2.24, 2.45) is 0 Å². The van der Waals surface area contributed by atoms with E-state index in [0.717, 1.165) is 66.8 Å². The third kappa shape index (κ3) is 5.46. The second-order valence-electron chi connectivity index (χ2n) is 15.4. The van der Waals surface area contributed by atoms with Crippen LogP contribution in [0.25, 0.3) is 111 Å². The Morgan fingerprint density at radius 2 is 0.850 bits per heavy atom. The van der Waals surface area contributed by atoms with Crippen LogP contribution >= 0.6 is 0 Å². The van der Waals surface area contributed by atoms with Crippen molar-refractivity contribution in [1.29, 1.82) is 0 Å². The zero-order valence-electron chi connectivity index (χ0n) is 32.6. The number of aromatic nitrogens is 4. The van der Waals surface area contributed by atoms with Crippen LogP contribution in [0.1, 0.15) is 0 Å². The van der Waals surface area contributed by atoms with Crippen LogP contribution in [0, 0.1) is 0 Å². The molecular weight excluding hydrogens is 729 g/mol. The van der Waals surface area contributed by atoms with E-state index >= 15 is 0 Å². The molecule has 0 aliphatic heterocycles. The second kappa shape index (κ2) is 13.8. The summed E-state index contributed by atoms with van der Waals surface area (Å²) in [6.07, 6.45) is 0. The van der Waals surface area contributed by atoms with Gasteiger partial charge in [-0.15, -0.1) is 0 Å². The van der Waals surface area contributed by atoms with Crippen LogP contribution in [0.5, 0.6) is 0 Å². The summed E-state index contributed by atoms with van der Waals surface area (Å²) in [5.41, 5.74) is 14.0. The lowest BCUT2D eigenvalue weighted by Gasteiger charge is -2.12. The maximum absolute atomic E-state index is 5.50. The minimum Gasteiger partial charge on any atom is -0.309 e. The lowest BCUT2D eigenvalue weighted by atomic mass is 9.98. The third-order valence-corrected chi connectivity index (χ3v) is 11.9. The van der Waals surface area contributed by atoms with Crippen molar-refractivity contribution in [3.05, 3.63) is 218 Å². The first-order valence-corrected chi connectivity index (χ1v) is 20.4. The molecule has 0 saturated heterocycles. The lowest BCUT2D eigenvalue weighted by Crippen LogP contribution is -1.99. The Bertz CT molecular complexity index is 3580. The van der Waals surface area contributed by atoms with Gasteiger partial charge < -0.3 is 4.57 Å². The van der Waals surface area contributed by atoms with Crippen molar-refractivity contribution in [2.45, 2.75) is 0 Å². The van der Waals surface area contributed by atoms with E-state index in [9.17, 15) is 0 Å². The molecule has 3 aromatic heterocycles. The fourth-order valence-electron chi connectivity index (χ4n) is 9.17. The number of fused-ring (bicyclic) bond motifs is 8. The van der Waals surface area contributed by atoms with Crippen molar-refractivity contribution < 1.29 is 0 Å². The molecule has 0 bridgehead atoms. The van der Waals surface area contributed by atoms with Crippen molar-refractivity contribution >= 4 is 54.5 Å². The Kier molecular flexibility index (Phi) is 7.82. The predicted octanol–water partition coefficient (Wildman–Crippen LogP) is 14.5. The number of rotatable bonds is 6. The van der Waals surface area contributed by atoms with Crippen LogP contribution in [0.4, 0.5) is 0 Å². The molecule has 0 spiro atoms. The molecule has 12 aromatic rings. The monoisotopic (exact) mass is 764 g/mol. The average molecular weight is 765 g/mol. The fourth-order valence-corrected chi connectivity index (χ4v) is 9.17. The molecule has 12 rings (SSSR count). The zero-order valence-corrected chi connectivity index (χ0v) is 32.6. The van der Waals surface area contributed by atoms with Crippen molar-refractivity contribution in [1.82, 2.24) is 19.1 Å². The van der Waals surface area contributed by atoms with E-state index in [2.05, 4.69) is 228 Å². The van der Waals surface area contributed by atoms with Crippen molar-refractivity contribution in [3.8, 4) is 56.3 Å². The van der Waals surface area contributed by atoms with Crippen molar-refractivity contribution in [3.63, 3.8) is 0 Å². The van der Waals surface area contributed by atoms with Crippen LogP contribution in [-0.4, -0.2) is 19.1 Å². The quantitative estimate of drug-likeness (QED) is 0.169. The van der Waals surface area contributed by atoms with Gasteiger partial charge in [0.05, 0.1) is 27.6 Å². The average Bonchev–Trinajstić information content (AvgIpc) is 3.85. The molecule has 0 aliphatic carbocycles. The highest BCUT2D eigenvalue weighted by Gasteiger charge is 2.22. The summed E-state index contributed by atoms with van der Waals surface area (Å²) in [7, 11) is 0. The van der Waals surface area contributed by atoms with E-state index in [1.54, 1.807) is 0 Å². The van der Waals surface area contributed by atoms with Crippen LogP contribution in [0.2, 0.25) is 0 Å². The number of hydrogen-bond acceptors (Lipinski definition) is 2. The summed E-state index contributed by atoms with van der Waals surface area (Å²) in [5, 5.41) is 7.11. The Morgan fingerprint density at radius 1 is 0.300 bits per heavy atom. The summed E-state index contributed by atoms with van der Waals surface area (Å²) in [5.74, 6) is 0.678. The van der Waals surface area contributed by atoms with Gasteiger partial charge in [0.1, 0.15) is 5.65 Å². The Hall–Kier alpha value is -8.08. The van der Waals surface area contributed by atoms with Gasteiger partial charge in [0, 0.05) is 38.7 Å². The Morgan fingerprint density at radius 3 is 1.63 bits per heavy atom. The molecule has 4 heteroatoms. The van der Waals surface area contributed by atoms with Crippen molar-refractivity contribution in [2.75, 3.05) is 0 Å². The highest BCUT2D eigenvalue weighted by Crippen LogP contribution is 2.41. The molecule has 0 radical (unpaired) electrons. The molecular formula is C56H36N4. The van der Waals surface area contributed by atoms with Gasteiger partial charge in [-0.25, -0.2) is 9.97 Å². The number of benzene rings is 9. The van der Waals surface area contributed by atoms with Gasteiger partial charge in [-0.3, -0.25) is 4.57 Å². The van der Waals surface area contributed by atoms with Gasteiger partial charge >= 0.3 is 0 Å². The standard InChI is InChI=1S/C56H36N4/c1-4-16-37(17-5-1)39-19-14-21-42(34-39)54-53-47-28-12-13-29-49(47)60(45-25-8-3-9-26-45)56(53)58-55(57-54)43-22-15-20-40(35-43)41-31-32-50-48(36-41)52-46-27-11-10-18-38(46)30-33-51(52)59(50)44-23-6-2-7-24-44/h1-36H. The molecule has 4 nitrogen and oxygen atoms in total. The second-order valence-corrected chi connectivity index (χ2v) is 15.4. The fraction of sp³-hybridized carbons (Fsp3) is 0. The summed E-state index contributed by atoms with van der Waals surface area (Å²) in [6, 6.07) is 77.9. The van der Waals surface area contributed by atoms with Crippen LogP contribution < -0.4 is 0 Å². The topological polar surface area (TPSA) is 35.6 Å². The largest absolute Gasteiger partial charge is 0.309 e. The SMILES string of the molecule is c1ccc(-c2cccc(-c3nc(-c4cccc(-c5ccc6c(c5)c5c7ccccc7ccc5n6-c5ccccc5)c4)nc4c3c3ccccc3n4-c3ccccc3)c2)cc1. The number of hydrogen-bond donors (Lipinski definition) is 0. The smallest absolute Gasteiger partial charge is 0.162 e. The molecule has 3 heterocycles. The van der Waals surface area contributed by atoms with Gasteiger partial charge in [0.2, 0.25) is 0 Å². The normalized spacial score (nSPS) is 11.7. The van der Waals surface area contributed by atoms with E-state index in [0.29, 0.717) is 5.82 Å². The molecule has 0 saturated carbocycles. The van der Waals surface area contributed by atoms with Crippen LogP contribution in [0.15, 0.2) is 218 Å². The van der Waals surface area contributed by atoms with Gasteiger partial charge in [0.15, 0.2) is 5.82 Å². The third-order valence-electron chi connectivity index (χ3n) is 11.9. The molecule has 60 heavy (non-hydrogen) atoms. The summed E-state index contributed by atoms with van der Waals surface area (Å²) in [6.45, 7) is 0. The first-order chi connectivity index (χ1) is 29.8. The molecule has 0 fully saturated rings. The highest BCUT2D eigenvalue weighted by atomic mass is 15.1. The summed E-state index contributed by atoms with van der Waals surface area (Å²) in [4.78, 5) is 11.0. The molecule has 0 N–H and O–H groups in total. The van der Waals surface area contributed by atoms with Crippen LogP contribution in [-0.2, 0) is 0 Å². The van der Waals surface area contributed by atoms with Crippen LogP contribution in [0.3, 0.4) is 0 Å². The van der Waals surface area contributed by atoms with E-state index in [4.69, 9.17) is 9.97 Å². The minimum absolute atomic E-state index is 0.678. The predicted molar refractivity (Wildman–Crippen MR) is 250 cm³/mol. The van der Waals surface area contributed by atoms with E-state index < -0.39 is 0 Å². The van der Waals surface area contributed by atoms with Gasteiger partial charge in [-0.2, -0.15) is 0 Å². The van der Waals surface area contributed by atoms with Gasteiger partial charge in [-0.1, -0.05) is 158 Å². The minimum atomic E-state index is 0.678. The first-order valence-electron chi connectivity index (χ1n) is 20.4. The van der Waals surface area contributed by atoms with E-state index in [-0.39, 0.29) is 0 Å². The van der Waals surface area contributed by atoms with Gasteiger partial charge in [0.25, 0.3) is 0 Å². The Labute approximate surface area is 346 Å². The number of nitrogens with zero attached hydrogens (tertiary/aromatic N) is 4. The summed E-state index contributed by atoms with van der Waals surface area (Å²) >= 11 is 0. The lowest BCUT2D eigenvalue weighted by molar-refractivity contribution is 1.11. The molecule has 0 aliphatic rings. The maximum Gasteiger partial charge on any atom is 0.162 e. The Balaban J connectivity index is 1.08. The van der Waals surface area contributed by atoms with E-state index in [1.165, 1.54) is 38.1 Å². The molecule has 0 unspecified atom stereocenters.